The fraction of sp³-hybridized carbons (Fsp3) is 0.333. The van der Waals surface area contributed by atoms with Gasteiger partial charge in [0.25, 0.3) is 0 Å². The van der Waals surface area contributed by atoms with Crippen molar-refractivity contribution in [3.63, 3.8) is 0 Å². The number of benzene rings is 2. The van der Waals surface area contributed by atoms with Crippen LogP contribution in [0.25, 0.3) is 0 Å². The van der Waals surface area contributed by atoms with E-state index in [1.807, 2.05) is 0 Å². The Bertz CT molecular complexity index is 817. The van der Waals surface area contributed by atoms with Crippen LogP contribution in [0.15, 0.2) is 54.6 Å². The third-order valence-corrected chi connectivity index (χ3v) is 2.77. The molecule has 0 radical (unpaired) electrons. The summed E-state index contributed by atoms with van der Waals surface area (Å²) in [5.74, 6) is 0. The Morgan fingerprint density at radius 1 is 1.10 bits per heavy atom. The van der Waals surface area contributed by atoms with Crippen LogP contribution in [0.4, 0.5) is 0 Å². The van der Waals surface area contributed by atoms with Crippen molar-refractivity contribution in [2.75, 3.05) is 27.1 Å². The van der Waals surface area contributed by atoms with Crippen LogP contribution in [0.1, 0.15) is 36.5 Å². The minimum Gasteiger partial charge on any atom is -0.367 e. The van der Waals surface area contributed by atoms with Crippen LogP contribution in [0, 0.1) is 6.85 Å². The molecule has 0 aromatic heterocycles. The normalized spacial score (nSPS) is 23.4. The predicted octanol–water partition coefficient (Wildman–Crippen LogP) is 3.66. The topological polar surface area (TPSA) is 12.5 Å². The highest BCUT2D eigenvalue weighted by molar-refractivity contribution is 5.35. The van der Waals surface area contributed by atoms with Gasteiger partial charge in [-0.1, -0.05) is 54.6 Å². The minimum absolute atomic E-state index is 0.0746. The van der Waals surface area contributed by atoms with E-state index in [0.717, 1.165) is 0 Å². The van der Waals surface area contributed by atoms with Crippen LogP contribution in [0.5, 0.6) is 0 Å². The largest absolute Gasteiger partial charge is 0.367 e. The third kappa shape index (κ3) is 3.92. The van der Waals surface area contributed by atoms with Gasteiger partial charge in [-0.3, -0.25) is 0 Å². The van der Waals surface area contributed by atoms with Gasteiger partial charge in [-0.2, -0.15) is 0 Å². The fourth-order valence-electron chi connectivity index (χ4n) is 1.83. The molecule has 0 saturated heterocycles. The number of hydrogen-bond acceptors (Lipinski definition) is 2. The molecule has 2 heteroatoms. The van der Waals surface area contributed by atoms with Gasteiger partial charge in [-0.15, -0.1) is 0 Å². The molecule has 2 rings (SSSR count). The van der Waals surface area contributed by atoms with Crippen molar-refractivity contribution in [2.45, 2.75) is 12.9 Å². The van der Waals surface area contributed by atoms with E-state index in [0.29, 0.717) is 10.5 Å². The quantitative estimate of drug-likeness (QED) is 0.800. The molecule has 0 N–H and O–H groups in total. The summed E-state index contributed by atoms with van der Waals surface area (Å²) in [4.78, 5) is 0.334. The summed E-state index contributed by atoms with van der Waals surface area (Å²) in [5.41, 5.74) is 0.328. The number of rotatable bonds is 6. The Kier molecular flexibility index (Phi) is 2.32. The van der Waals surface area contributed by atoms with Crippen molar-refractivity contribution >= 4 is 0 Å². The Balaban J connectivity index is 2.44. The van der Waals surface area contributed by atoms with Crippen molar-refractivity contribution in [1.82, 2.24) is 4.90 Å². The average Bonchev–Trinajstić information content (AvgIpc) is 2.63. The van der Waals surface area contributed by atoms with Gasteiger partial charge in [0.1, 0.15) is 6.08 Å². The maximum Gasteiger partial charge on any atom is 0.108 e. The first kappa shape index (κ1) is 6.42. The van der Waals surface area contributed by atoms with Crippen LogP contribution in [-0.2, 0) is 4.74 Å². The van der Waals surface area contributed by atoms with Gasteiger partial charge >= 0.3 is 0 Å². The lowest BCUT2D eigenvalue weighted by Crippen LogP contribution is -2.20. The summed E-state index contributed by atoms with van der Waals surface area (Å²) in [6.45, 7) is -9.21. The molecule has 0 amide bonds. The first-order chi connectivity index (χ1) is 13.7. The van der Waals surface area contributed by atoms with Gasteiger partial charge in [0.05, 0.1) is 7.98 Å². The lowest BCUT2D eigenvalue weighted by molar-refractivity contribution is 0.0683. The molecule has 0 aliphatic rings. The molecule has 20 heavy (non-hydrogen) atoms. The molecule has 0 aliphatic heterocycles. The molecule has 0 spiro atoms. The van der Waals surface area contributed by atoms with E-state index in [4.69, 9.17) is 18.4 Å². The second-order valence-corrected chi connectivity index (χ2v) is 4.24. The second-order valence-electron chi connectivity index (χ2n) is 4.24. The smallest absolute Gasteiger partial charge is 0.108 e. The highest BCUT2D eigenvalue weighted by Gasteiger charge is 2.16. The Morgan fingerprint density at radius 2 is 1.85 bits per heavy atom. The lowest BCUT2D eigenvalue weighted by atomic mass is 9.97. The monoisotopic (exact) mass is 279 g/mol. The first-order valence-electron chi connectivity index (χ1n) is 11.2. The standard InChI is InChI=1S/C18H23NO/c1-15-9-7-8-12-17(15)18(20-14-13-19(2)3)16-10-5-4-6-11-16/h4-12,18H,13-14H2,1-3H3/i1D3,2D3,3D3,18D. The molecule has 0 heterocycles. The molecule has 2 nitrogen and oxygen atoms in total. The zero-order chi connectivity index (χ0) is 22.8. The predicted molar refractivity (Wildman–Crippen MR) is 84.0 cm³/mol. The van der Waals surface area contributed by atoms with Gasteiger partial charge in [-0.25, -0.2) is 0 Å². The molecule has 0 saturated carbocycles. The van der Waals surface area contributed by atoms with E-state index in [9.17, 15) is 0 Å². The molecule has 1 atom stereocenters. The summed E-state index contributed by atoms with van der Waals surface area (Å²) in [5, 5.41) is 0. The zero-order valence-corrected chi connectivity index (χ0v) is 11.0. The van der Waals surface area contributed by atoms with Crippen molar-refractivity contribution in [2.24, 2.45) is 0 Å². The Morgan fingerprint density at radius 3 is 2.60 bits per heavy atom. The molecular formula is C18H23NO. The van der Waals surface area contributed by atoms with Gasteiger partial charge in [0.2, 0.25) is 0 Å². The maximum atomic E-state index is 9.01. The Hall–Kier alpha value is -1.64. The van der Waals surface area contributed by atoms with Crippen LogP contribution < -0.4 is 0 Å². The lowest BCUT2D eigenvalue weighted by Gasteiger charge is -2.22. The van der Waals surface area contributed by atoms with Gasteiger partial charge in [0.15, 0.2) is 0 Å². The van der Waals surface area contributed by atoms with Gasteiger partial charge in [0, 0.05) is 18.9 Å². The first-order valence-corrected chi connectivity index (χ1v) is 6.24. The molecule has 2 aromatic carbocycles. The molecule has 2 aromatic rings. The van der Waals surface area contributed by atoms with E-state index < -0.39 is 40.0 Å². The van der Waals surface area contributed by atoms with Crippen LogP contribution in [0.2, 0.25) is 0 Å². The molecule has 106 valence electrons. The van der Waals surface area contributed by atoms with Crippen molar-refractivity contribution in [3.8, 4) is 0 Å². The van der Waals surface area contributed by atoms with E-state index in [2.05, 4.69) is 0 Å². The highest BCUT2D eigenvalue weighted by Crippen LogP contribution is 2.28. The van der Waals surface area contributed by atoms with Crippen molar-refractivity contribution in [1.29, 1.82) is 0 Å². The van der Waals surface area contributed by atoms with E-state index >= 15 is 0 Å². The zero-order valence-electron chi connectivity index (χ0n) is 21.0. The van der Waals surface area contributed by atoms with Crippen LogP contribution in [0.3, 0.4) is 0 Å². The summed E-state index contributed by atoms with van der Waals surface area (Å²) in [7, 11) is 0. The van der Waals surface area contributed by atoms with Gasteiger partial charge in [-0.05, 0) is 37.5 Å². The number of likely N-dealkylation sites (N-methyl/N-ethyl adjacent to an activating group) is 1. The molecule has 1 unspecified atom stereocenters. The molecular weight excluding hydrogens is 246 g/mol. The fourth-order valence-corrected chi connectivity index (χ4v) is 1.83. The second kappa shape index (κ2) is 7.22. The van der Waals surface area contributed by atoms with Crippen molar-refractivity contribution in [3.05, 3.63) is 71.3 Å². The molecule has 0 aliphatic carbocycles. The van der Waals surface area contributed by atoms with E-state index in [-0.39, 0.29) is 11.1 Å². The van der Waals surface area contributed by atoms with E-state index in [1.165, 1.54) is 12.1 Å². The number of ether oxygens (including phenoxy) is 1. The summed E-state index contributed by atoms with van der Waals surface area (Å²) < 4.78 is 82.8. The van der Waals surface area contributed by atoms with Crippen LogP contribution >= 0.6 is 0 Å². The third-order valence-electron chi connectivity index (χ3n) is 2.77. The summed E-state index contributed by atoms with van der Waals surface area (Å²) in [6.07, 6.45) is -1.98. The SMILES string of the molecule is [2H]C([2H])([2H])c1ccccc1C([2H])(OCCN(C([2H])([2H])[2H])C([2H])([2H])[2H])c1ccccc1. The summed E-state index contributed by atoms with van der Waals surface area (Å²) in [6, 6.07) is 14.2. The van der Waals surface area contributed by atoms with Gasteiger partial charge < -0.3 is 9.64 Å². The van der Waals surface area contributed by atoms with Crippen LogP contribution in [-0.4, -0.2) is 32.0 Å². The average molecular weight is 279 g/mol. The molecule has 0 bridgehead atoms. The molecule has 0 fully saturated rings. The Labute approximate surface area is 136 Å². The number of aryl methyl sites for hydroxylation is 1. The minimum atomic E-state index is -2.89. The highest BCUT2D eigenvalue weighted by atomic mass is 16.5. The van der Waals surface area contributed by atoms with E-state index in [1.54, 1.807) is 42.5 Å². The maximum absolute atomic E-state index is 9.01. The number of nitrogens with zero attached hydrogens (tertiary/aromatic N) is 1. The van der Waals surface area contributed by atoms with Crippen molar-refractivity contribution < 1.29 is 18.4 Å². The summed E-state index contributed by atoms with van der Waals surface area (Å²) >= 11 is 0. The number of hydrogen-bond donors (Lipinski definition) is 0.